The lowest BCUT2D eigenvalue weighted by atomic mass is 9.98. The lowest BCUT2D eigenvalue weighted by Crippen LogP contribution is -2.40. The van der Waals surface area contributed by atoms with Crippen LogP contribution in [0.3, 0.4) is 0 Å². The van der Waals surface area contributed by atoms with Crippen LogP contribution in [0.5, 0.6) is 0 Å². The van der Waals surface area contributed by atoms with Gasteiger partial charge in [0.05, 0.1) is 6.04 Å². The summed E-state index contributed by atoms with van der Waals surface area (Å²) in [5, 5.41) is 6.36. The Balaban J connectivity index is 1.55. The maximum absolute atomic E-state index is 12.2. The van der Waals surface area contributed by atoms with Crippen molar-refractivity contribution < 1.29 is 4.79 Å². The fourth-order valence-electron chi connectivity index (χ4n) is 3.56. The van der Waals surface area contributed by atoms with Crippen LogP contribution >= 0.6 is 0 Å². The number of benzene rings is 1. The van der Waals surface area contributed by atoms with E-state index in [0.29, 0.717) is 6.54 Å². The van der Waals surface area contributed by atoms with Gasteiger partial charge in [0.15, 0.2) is 0 Å². The maximum Gasteiger partial charge on any atom is 0.237 e. The fraction of sp³-hybridized carbons (Fsp3) is 0.632. The molecule has 2 saturated heterocycles. The summed E-state index contributed by atoms with van der Waals surface area (Å²) in [6.07, 6.45) is 4.65. The molecule has 0 radical (unpaired) electrons. The first-order valence-corrected chi connectivity index (χ1v) is 9.02. The standard InChI is InChI=1S/C19H29N3O/c1-15-8-11-22(12-9-15)14-17-6-3-2-5-16(17)13-21-19(23)18-7-4-10-20-18/h2-3,5-6,15,18,20H,4,7-14H2,1H3,(H,21,23). The van der Waals surface area contributed by atoms with E-state index in [1.807, 2.05) is 0 Å². The quantitative estimate of drug-likeness (QED) is 0.876. The van der Waals surface area contributed by atoms with Crippen LogP contribution in [0.4, 0.5) is 0 Å². The number of nitrogens with zero attached hydrogens (tertiary/aromatic N) is 1. The molecule has 126 valence electrons. The molecule has 0 spiro atoms. The molecule has 1 unspecified atom stereocenters. The Morgan fingerprint density at radius 2 is 1.96 bits per heavy atom. The van der Waals surface area contributed by atoms with Crippen LogP contribution in [-0.4, -0.2) is 36.5 Å². The summed E-state index contributed by atoms with van der Waals surface area (Å²) in [4.78, 5) is 14.7. The van der Waals surface area contributed by atoms with Gasteiger partial charge >= 0.3 is 0 Å². The molecule has 4 heteroatoms. The number of nitrogens with one attached hydrogen (secondary N) is 2. The summed E-state index contributed by atoms with van der Waals surface area (Å²) in [5.41, 5.74) is 2.60. The van der Waals surface area contributed by atoms with Crippen molar-refractivity contribution in [2.75, 3.05) is 19.6 Å². The first kappa shape index (κ1) is 16.5. The van der Waals surface area contributed by atoms with Gasteiger partial charge in [-0.05, 0) is 62.4 Å². The topological polar surface area (TPSA) is 44.4 Å². The van der Waals surface area contributed by atoms with Crippen molar-refractivity contribution in [1.82, 2.24) is 15.5 Å². The van der Waals surface area contributed by atoms with Crippen molar-refractivity contribution in [2.45, 2.75) is 51.7 Å². The van der Waals surface area contributed by atoms with Crippen molar-refractivity contribution in [3.8, 4) is 0 Å². The Hall–Kier alpha value is -1.39. The molecule has 1 amide bonds. The number of hydrogen-bond donors (Lipinski definition) is 2. The molecule has 23 heavy (non-hydrogen) atoms. The lowest BCUT2D eigenvalue weighted by molar-refractivity contribution is -0.122. The van der Waals surface area contributed by atoms with Gasteiger partial charge in [-0.15, -0.1) is 0 Å². The average molecular weight is 315 g/mol. The zero-order valence-corrected chi connectivity index (χ0v) is 14.2. The number of rotatable bonds is 5. The first-order valence-electron chi connectivity index (χ1n) is 9.02. The number of carbonyl (C=O) groups is 1. The minimum Gasteiger partial charge on any atom is -0.351 e. The minimum atomic E-state index is 0.00532. The highest BCUT2D eigenvalue weighted by Crippen LogP contribution is 2.19. The van der Waals surface area contributed by atoms with Gasteiger partial charge in [-0.2, -0.15) is 0 Å². The molecule has 4 nitrogen and oxygen atoms in total. The van der Waals surface area contributed by atoms with Crippen molar-refractivity contribution in [1.29, 1.82) is 0 Å². The van der Waals surface area contributed by atoms with E-state index in [2.05, 4.69) is 46.7 Å². The van der Waals surface area contributed by atoms with Crippen LogP contribution < -0.4 is 10.6 Å². The molecule has 2 aliphatic rings. The molecule has 1 aromatic carbocycles. The van der Waals surface area contributed by atoms with Gasteiger partial charge in [0.2, 0.25) is 5.91 Å². The molecular formula is C19H29N3O. The van der Waals surface area contributed by atoms with Crippen LogP contribution in [0.1, 0.15) is 43.7 Å². The first-order chi connectivity index (χ1) is 11.2. The van der Waals surface area contributed by atoms with Crippen LogP contribution in [0.15, 0.2) is 24.3 Å². The van der Waals surface area contributed by atoms with Gasteiger partial charge in [-0.3, -0.25) is 9.69 Å². The molecule has 2 N–H and O–H groups in total. The second-order valence-electron chi connectivity index (χ2n) is 7.09. The third kappa shape index (κ3) is 4.55. The lowest BCUT2D eigenvalue weighted by Gasteiger charge is -2.30. The predicted molar refractivity (Wildman–Crippen MR) is 93.0 cm³/mol. The second-order valence-corrected chi connectivity index (χ2v) is 7.09. The molecule has 2 heterocycles. The van der Waals surface area contributed by atoms with Gasteiger partial charge in [0.25, 0.3) is 0 Å². The van der Waals surface area contributed by atoms with E-state index in [9.17, 15) is 4.79 Å². The van der Waals surface area contributed by atoms with E-state index in [4.69, 9.17) is 0 Å². The summed E-state index contributed by atoms with van der Waals surface area (Å²) in [6, 6.07) is 8.52. The third-order valence-corrected chi connectivity index (χ3v) is 5.22. The average Bonchev–Trinajstić information content (AvgIpc) is 3.10. The van der Waals surface area contributed by atoms with E-state index in [1.165, 1.54) is 37.1 Å². The number of amides is 1. The molecule has 0 aliphatic carbocycles. The van der Waals surface area contributed by atoms with Gasteiger partial charge in [-0.25, -0.2) is 0 Å². The molecule has 1 atom stereocenters. The maximum atomic E-state index is 12.2. The summed E-state index contributed by atoms with van der Waals surface area (Å²) in [6.45, 7) is 7.32. The Bertz CT molecular complexity index is 517. The van der Waals surface area contributed by atoms with E-state index in [-0.39, 0.29) is 11.9 Å². The summed E-state index contributed by atoms with van der Waals surface area (Å²) in [7, 11) is 0. The Morgan fingerprint density at radius 1 is 1.22 bits per heavy atom. The Morgan fingerprint density at radius 3 is 2.65 bits per heavy atom. The third-order valence-electron chi connectivity index (χ3n) is 5.22. The highest BCUT2D eigenvalue weighted by atomic mass is 16.2. The van der Waals surface area contributed by atoms with Gasteiger partial charge in [-0.1, -0.05) is 31.2 Å². The number of hydrogen-bond acceptors (Lipinski definition) is 3. The second kappa shape index (κ2) is 7.93. The zero-order valence-electron chi connectivity index (χ0n) is 14.2. The van der Waals surface area contributed by atoms with Gasteiger partial charge < -0.3 is 10.6 Å². The van der Waals surface area contributed by atoms with Crippen molar-refractivity contribution in [3.63, 3.8) is 0 Å². The van der Waals surface area contributed by atoms with E-state index in [0.717, 1.165) is 31.8 Å². The smallest absolute Gasteiger partial charge is 0.237 e. The monoisotopic (exact) mass is 315 g/mol. The Labute approximate surface area is 139 Å². The summed E-state index contributed by atoms with van der Waals surface area (Å²) in [5.74, 6) is 1.00. The van der Waals surface area contributed by atoms with Crippen LogP contribution in [0.2, 0.25) is 0 Å². The molecule has 1 aromatic rings. The zero-order chi connectivity index (χ0) is 16.1. The molecule has 0 bridgehead atoms. The molecule has 2 fully saturated rings. The highest BCUT2D eigenvalue weighted by Gasteiger charge is 2.22. The largest absolute Gasteiger partial charge is 0.351 e. The van der Waals surface area contributed by atoms with Crippen LogP contribution in [-0.2, 0) is 17.9 Å². The fourth-order valence-corrected chi connectivity index (χ4v) is 3.56. The van der Waals surface area contributed by atoms with Crippen molar-refractivity contribution >= 4 is 5.91 Å². The molecule has 2 aliphatic heterocycles. The molecule has 0 saturated carbocycles. The van der Waals surface area contributed by atoms with Crippen molar-refractivity contribution in [2.24, 2.45) is 5.92 Å². The van der Waals surface area contributed by atoms with Crippen molar-refractivity contribution in [3.05, 3.63) is 35.4 Å². The summed E-state index contributed by atoms with van der Waals surface area (Å²) >= 11 is 0. The highest BCUT2D eigenvalue weighted by molar-refractivity contribution is 5.82. The SMILES string of the molecule is CC1CCN(Cc2ccccc2CNC(=O)C2CCCN2)CC1. The normalized spacial score (nSPS) is 23.1. The Kier molecular flexibility index (Phi) is 5.68. The number of piperidine rings is 1. The molecule has 0 aromatic heterocycles. The van der Waals surface area contributed by atoms with Crippen LogP contribution in [0, 0.1) is 5.92 Å². The van der Waals surface area contributed by atoms with E-state index < -0.39 is 0 Å². The number of likely N-dealkylation sites (tertiary alicyclic amines) is 1. The summed E-state index contributed by atoms with van der Waals surface area (Å²) < 4.78 is 0. The minimum absolute atomic E-state index is 0.00532. The van der Waals surface area contributed by atoms with Gasteiger partial charge in [0, 0.05) is 13.1 Å². The van der Waals surface area contributed by atoms with Crippen LogP contribution in [0.25, 0.3) is 0 Å². The molecule has 3 rings (SSSR count). The predicted octanol–water partition coefficient (Wildman–Crippen LogP) is 2.29. The molecular weight excluding hydrogens is 286 g/mol. The van der Waals surface area contributed by atoms with E-state index >= 15 is 0 Å². The van der Waals surface area contributed by atoms with E-state index in [1.54, 1.807) is 0 Å². The van der Waals surface area contributed by atoms with Gasteiger partial charge in [0.1, 0.15) is 0 Å². The number of carbonyl (C=O) groups excluding carboxylic acids is 1.